The standard InChI is InChI=1S/C10H8F4N4/c1-18-5(4-16-17-18)3-15-10-8(13)6(11)2-7(12)9(10)14/h2,4,15H,3H2,1H3. The van der Waals surface area contributed by atoms with Gasteiger partial charge in [-0.25, -0.2) is 17.6 Å². The first-order chi connectivity index (χ1) is 8.50. The fourth-order valence-electron chi connectivity index (χ4n) is 1.38. The third kappa shape index (κ3) is 2.13. The normalized spacial score (nSPS) is 10.7. The van der Waals surface area contributed by atoms with Crippen LogP contribution in [0.3, 0.4) is 0 Å². The van der Waals surface area contributed by atoms with Gasteiger partial charge in [-0.3, -0.25) is 4.68 Å². The number of aromatic nitrogens is 3. The number of nitrogens with one attached hydrogen (secondary N) is 1. The van der Waals surface area contributed by atoms with Gasteiger partial charge >= 0.3 is 0 Å². The first-order valence-electron chi connectivity index (χ1n) is 4.91. The predicted octanol–water partition coefficient (Wildman–Crippen LogP) is 1.98. The molecule has 0 saturated heterocycles. The van der Waals surface area contributed by atoms with E-state index in [1.54, 1.807) is 7.05 Å². The van der Waals surface area contributed by atoms with Crippen molar-refractivity contribution in [3.63, 3.8) is 0 Å². The molecular weight excluding hydrogens is 252 g/mol. The molecule has 18 heavy (non-hydrogen) atoms. The minimum atomic E-state index is -1.47. The van der Waals surface area contributed by atoms with Crippen molar-refractivity contribution in [3.05, 3.63) is 41.2 Å². The monoisotopic (exact) mass is 260 g/mol. The third-order valence-electron chi connectivity index (χ3n) is 2.37. The van der Waals surface area contributed by atoms with Crippen molar-refractivity contribution in [2.45, 2.75) is 6.54 Å². The first kappa shape index (κ1) is 12.3. The van der Waals surface area contributed by atoms with E-state index in [-0.39, 0.29) is 12.6 Å². The van der Waals surface area contributed by atoms with Gasteiger partial charge in [0, 0.05) is 13.1 Å². The van der Waals surface area contributed by atoms with E-state index >= 15 is 0 Å². The maximum atomic E-state index is 13.3. The summed E-state index contributed by atoms with van der Waals surface area (Å²) in [5.41, 5.74) is -0.354. The van der Waals surface area contributed by atoms with Gasteiger partial charge in [0.15, 0.2) is 23.3 Å². The Balaban J connectivity index is 2.27. The molecule has 0 spiro atoms. The maximum Gasteiger partial charge on any atom is 0.185 e. The van der Waals surface area contributed by atoms with E-state index in [9.17, 15) is 17.6 Å². The zero-order valence-electron chi connectivity index (χ0n) is 9.22. The Morgan fingerprint density at radius 3 is 2.28 bits per heavy atom. The van der Waals surface area contributed by atoms with E-state index in [0.717, 1.165) is 0 Å². The van der Waals surface area contributed by atoms with Crippen LogP contribution >= 0.6 is 0 Å². The first-order valence-corrected chi connectivity index (χ1v) is 4.91. The lowest BCUT2D eigenvalue weighted by Gasteiger charge is -2.09. The molecule has 0 unspecified atom stereocenters. The zero-order chi connectivity index (χ0) is 13.3. The number of rotatable bonds is 3. The molecule has 8 heteroatoms. The Hall–Kier alpha value is -2.12. The SMILES string of the molecule is Cn1nncc1CNc1c(F)c(F)cc(F)c1F. The topological polar surface area (TPSA) is 42.7 Å². The van der Waals surface area contributed by atoms with Gasteiger partial charge in [0.1, 0.15) is 5.69 Å². The van der Waals surface area contributed by atoms with Crippen LogP contribution in [-0.4, -0.2) is 15.0 Å². The maximum absolute atomic E-state index is 13.3. The second-order valence-electron chi connectivity index (χ2n) is 3.55. The summed E-state index contributed by atoms with van der Waals surface area (Å²) < 4.78 is 53.8. The molecule has 0 aliphatic rings. The summed E-state index contributed by atoms with van der Waals surface area (Å²) in [6, 6.07) is 0.154. The van der Waals surface area contributed by atoms with Crippen molar-refractivity contribution in [2.24, 2.45) is 7.05 Å². The molecule has 0 atom stereocenters. The highest BCUT2D eigenvalue weighted by Gasteiger charge is 2.19. The average Bonchev–Trinajstić information content (AvgIpc) is 2.73. The summed E-state index contributed by atoms with van der Waals surface area (Å²) in [4.78, 5) is 0. The fourth-order valence-corrected chi connectivity index (χ4v) is 1.38. The van der Waals surface area contributed by atoms with Crippen molar-refractivity contribution in [1.29, 1.82) is 0 Å². The number of hydrogen-bond donors (Lipinski definition) is 1. The highest BCUT2D eigenvalue weighted by molar-refractivity contribution is 5.47. The molecule has 1 heterocycles. The molecule has 0 radical (unpaired) electrons. The third-order valence-corrected chi connectivity index (χ3v) is 2.37. The van der Waals surface area contributed by atoms with Crippen LogP contribution < -0.4 is 5.32 Å². The van der Waals surface area contributed by atoms with Gasteiger partial charge in [-0.2, -0.15) is 0 Å². The highest BCUT2D eigenvalue weighted by Crippen LogP contribution is 2.24. The number of hydrogen-bond acceptors (Lipinski definition) is 3. The Morgan fingerprint density at radius 2 is 1.78 bits per heavy atom. The molecule has 0 saturated carbocycles. The Bertz CT molecular complexity index is 555. The van der Waals surface area contributed by atoms with Crippen molar-refractivity contribution in [3.8, 4) is 0 Å². The molecule has 0 aliphatic heterocycles. The molecule has 4 nitrogen and oxygen atoms in total. The quantitative estimate of drug-likeness (QED) is 0.678. The lowest BCUT2D eigenvalue weighted by atomic mass is 10.2. The molecule has 0 bridgehead atoms. The molecule has 1 N–H and O–H groups in total. The van der Waals surface area contributed by atoms with Gasteiger partial charge in [-0.05, 0) is 0 Å². The summed E-state index contributed by atoms with van der Waals surface area (Å²) in [6.07, 6.45) is 1.36. The summed E-state index contributed by atoms with van der Waals surface area (Å²) in [5.74, 6) is -5.85. The van der Waals surface area contributed by atoms with Crippen molar-refractivity contribution in [1.82, 2.24) is 15.0 Å². The molecule has 0 amide bonds. The van der Waals surface area contributed by atoms with Gasteiger partial charge in [-0.15, -0.1) is 5.10 Å². The zero-order valence-corrected chi connectivity index (χ0v) is 9.22. The van der Waals surface area contributed by atoms with E-state index in [1.165, 1.54) is 10.9 Å². The van der Waals surface area contributed by atoms with Crippen LogP contribution in [-0.2, 0) is 13.6 Å². The van der Waals surface area contributed by atoms with Crippen molar-refractivity contribution < 1.29 is 17.6 Å². The van der Waals surface area contributed by atoms with Crippen LogP contribution in [0.15, 0.2) is 12.3 Å². The van der Waals surface area contributed by atoms with Crippen LogP contribution in [0, 0.1) is 23.3 Å². The Morgan fingerprint density at radius 1 is 1.17 bits per heavy atom. The number of halogens is 4. The van der Waals surface area contributed by atoms with E-state index in [1.807, 2.05) is 0 Å². The predicted molar refractivity (Wildman–Crippen MR) is 54.6 cm³/mol. The fraction of sp³-hybridized carbons (Fsp3) is 0.200. The lowest BCUT2D eigenvalue weighted by molar-refractivity contribution is 0.458. The minimum Gasteiger partial charge on any atom is -0.374 e. The second-order valence-corrected chi connectivity index (χ2v) is 3.55. The van der Waals surface area contributed by atoms with E-state index < -0.39 is 29.0 Å². The number of benzene rings is 1. The van der Waals surface area contributed by atoms with Crippen molar-refractivity contribution >= 4 is 5.69 Å². The summed E-state index contributed by atoms with van der Waals surface area (Å²) in [6.45, 7) is -0.0692. The summed E-state index contributed by atoms with van der Waals surface area (Å²) in [7, 11) is 1.57. The molecule has 0 fully saturated rings. The van der Waals surface area contributed by atoms with E-state index in [2.05, 4.69) is 15.6 Å². The molecule has 2 aromatic rings. The molecule has 0 aliphatic carbocycles. The molecule has 2 rings (SSSR count). The molecule has 96 valence electrons. The number of anilines is 1. The number of aryl methyl sites for hydroxylation is 1. The van der Waals surface area contributed by atoms with Crippen LogP contribution in [0.1, 0.15) is 5.69 Å². The van der Waals surface area contributed by atoms with Crippen molar-refractivity contribution in [2.75, 3.05) is 5.32 Å². The number of nitrogens with zero attached hydrogens (tertiary/aromatic N) is 3. The van der Waals surface area contributed by atoms with Gasteiger partial charge in [0.25, 0.3) is 0 Å². The smallest absolute Gasteiger partial charge is 0.185 e. The summed E-state index contributed by atoms with van der Waals surface area (Å²) in [5, 5.41) is 9.43. The Labute approximate surface area is 99.2 Å². The van der Waals surface area contributed by atoms with Crippen LogP contribution in [0.4, 0.5) is 23.2 Å². The Kier molecular flexibility index (Phi) is 3.17. The van der Waals surface area contributed by atoms with Gasteiger partial charge in [-0.1, -0.05) is 5.21 Å². The lowest BCUT2D eigenvalue weighted by Crippen LogP contribution is -2.10. The van der Waals surface area contributed by atoms with Crippen LogP contribution in [0.25, 0.3) is 0 Å². The summed E-state index contributed by atoms with van der Waals surface area (Å²) >= 11 is 0. The van der Waals surface area contributed by atoms with Gasteiger partial charge in [0.05, 0.1) is 18.4 Å². The molecule has 1 aromatic heterocycles. The molecule has 1 aromatic carbocycles. The second kappa shape index (κ2) is 4.63. The van der Waals surface area contributed by atoms with Crippen LogP contribution in [0.5, 0.6) is 0 Å². The van der Waals surface area contributed by atoms with Gasteiger partial charge in [0.2, 0.25) is 0 Å². The largest absolute Gasteiger partial charge is 0.374 e. The van der Waals surface area contributed by atoms with E-state index in [4.69, 9.17) is 0 Å². The average molecular weight is 260 g/mol. The van der Waals surface area contributed by atoms with Gasteiger partial charge < -0.3 is 5.32 Å². The molecular formula is C10H8F4N4. The minimum absolute atomic E-state index is 0.0692. The van der Waals surface area contributed by atoms with E-state index in [0.29, 0.717) is 5.69 Å². The highest BCUT2D eigenvalue weighted by atomic mass is 19.2. The van der Waals surface area contributed by atoms with Crippen LogP contribution in [0.2, 0.25) is 0 Å².